The summed E-state index contributed by atoms with van der Waals surface area (Å²) < 4.78 is 0. The van der Waals surface area contributed by atoms with Crippen LogP contribution in [0.15, 0.2) is 0 Å². The Kier molecular flexibility index (Phi) is 5.97. The zero-order valence-corrected chi connectivity index (χ0v) is 20.1. The highest BCUT2D eigenvalue weighted by Crippen LogP contribution is 2.69. The standard InChI is InChI=1S/C27H46O3/c1-17(2)7-6-8-18(3)20-9-10-21-19-11-16-27(30)24(29)23(28)13-15-26(27,5)22(19)12-14-25(20,21)4/h17-22,24,29-30H,6-16H2,1-5H3/t18-,19+,20-,21+,22+,24?,25-,26-,27+/m1/s1. The van der Waals surface area contributed by atoms with Gasteiger partial charge in [0.05, 0.1) is 0 Å². The summed E-state index contributed by atoms with van der Waals surface area (Å²) in [5.41, 5.74) is -1.09. The van der Waals surface area contributed by atoms with E-state index in [0.717, 1.165) is 42.9 Å². The molecule has 0 radical (unpaired) electrons. The number of carbonyl (C=O) groups is 1. The van der Waals surface area contributed by atoms with Crippen LogP contribution in [0.2, 0.25) is 0 Å². The van der Waals surface area contributed by atoms with E-state index in [1.165, 1.54) is 38.5 Å². The number of rotatable bonds is 5. The lowest BCUT2D eigenvalue weighted by molar-refractivity contribution is -0.238. The summed E-state index contributed by atoms with van der Waals surface area (Å²) in [4.78, 5) is 12.2. The smallest absolute Gasteiger partial charge is 0.164 e. The van der Waals surface area contributed by atoms with Crippen LogP contribution in [0, 0.1) is 46.3 Å². The fourth-order valence-corrected chi connectivity index (χ4v) is 9.14. The number of carbonyl (C=O) groups excluding carboxylic acids is 1. The first-order valence-electron chi connectivity index (χ1n) is 13.0. The lowest BCUT2D eigenvalue weighted by Gasteiger charge is -2.64. The van der Waals surface area contributed by atoms with Gasteiger partial charge < -0.3 is 10.2 Å². The molecule has 4 fully saturated rings. The normalized spacial score (nSPS) is 49.5. The van der Waals surface area contributed by atoms with E-state index in [0.29, 0.717) is 30.1 Å². The van der Waals surface area contributed by atoms with E-state index in [1.807, 2.05) is 0 Å². The highest BCUT2D eigenvalue weighted by Gasteiger charge is 2.67. The Bertz CT molecular complexity index is 658. The number of hydrogen-bond acceptors (Lipinski definition) is 3. The zero-order valence-electron chi connectivity index (χ0n) is 20.1. The van der Waals surface area contributed by atoms with Gasteiger partial charge in [-0.1, -0.05) is 53.9 Å². The van der Waals surface area contributed by atoms with Crippen molar-refractivity contribution in [2.75, 3.05) is 0 Å². The average Bonchev–Trinajstić information content (AvgIpc) is 3.04. The van der Waals surface area contributed by atoms with Crippen molar-refractivity contribution >= 4 is 5.78 Å². The molecule has 0 spiro atoms. The molecule has 0 aliphatic heterocycles. The van der Waals surface area contributed by atoms with Crippen LogP contribution in [0.5, 0.6) is 0 Å². The number of Topliss-reactive ketones (excluding diaryl/α,β-unsaturated/α-hetero) is 1. The van der Waals surface area contributed by atoms with Crippen LogP contribution in [0.25, 0.3) is 0 Å². The molecule has 30 heavy (non-hydrogen) atoms. The highest BCUT2D eigenvalue weighted by molar-refractivity contribution is 5.85. The van der Waals surface area contributed by atoms with Gasteiger partial charge in [-0.05, 0) is 85.9 Å². The van der Waals surface area contributed by atoms with E-state index in [4.69, 9.17) is 0 Å². The van der Waals surface area contributed by atoms with Crippen molar-refractivity contribution in [3.05, 3.63) is 0 Å². The molecule has 0 amide bonds. The third kappa shape index (κ3) is 3.24. The molecule has 0 heterocycles. The van der Waals surface area contributed by atoms with Crippen molar-refractivity contribution in [1.82, 2.24) is 0 Å². The molecular weight excluding hydrogens is 372 g/mol. The quantitative estimate of drug-likeness (QED) is 0.596. The molecule has 0 aromatic rings. The van der Waals surface area contributed by atoms with Crippen LogP contribution in [0.4, 0.5) is 0 Å². The fraction of sp³-hybridized carbons (Fsp3) is 0.963. The zero-order chi connectivity index (χ0) is 21.9. The Morgan fingerprint density at radius 2 is 1.70 bits per heavy atom. The van der Waals surface area contributed by atoms with E-state index < -0.39 is 11.7 Å². The maximum atomic E-state index is 12.2. The molecule has 4 aliphatic rings. The van der Waals surface area contributed by atoms with Crippen molar-refractivity contribution in [1.29, 1.82) is 0 Å². The van der Waals surface area contributed by atoms with Gasteiger partial charge in [0, 0.05) is 11.8 Å². The van der Waals surface area contributed by atoms with Crippen LogP contribution in [-0.2, 0) is 4.79 Å². The summed E-state index contributed by atoms with van der Waals surface area (Å²) in [6.45, 7) is 12.0. The first-order valence-corrected chi connectivity index (χ1v) is 13.0. The fourth-order valence-electron chi connectivity index (χ4n) is 9.14. The lowest BCUT2D eigenvalue weighted by atomic mass is 9.42. The predicted molar refractivity (Wildman–Crippen MR) is 121 cm³/mol. The van der Waals surface area contributed by atoms with E-state index in [2.05, 4.69) is 34.6 Å². The molecule has 4 saturated carbocycles. The highest BCUT2D eigenvalue weighted by atomic mass is 16.3. The van der Waals surface area contributed by atoms with Gasteiger partial charge >= 0.3 is 0 Å². The van der Waals surface area contributed by atoms with Gasteiger partial charge in [0.25, 0.3) is 0 Å². The number of aliphatic hydroxyl groups excluding tert-OH is 1. The molecule has 0 aromatic carbocycles. The first kappa shape index (κ1) is 22.8. The largest absolute Gasteiger partial charge is 0.386 e. The maximum Gasteiger partial charge on any atom is 0.164 e. The topological polar surface area (TPSA) is 57.5 Å². The minimum atomic E-state index is -1.21. The van der Waals surface area contributed by atoms with Crippen LogP contribution in [-0.4, -0.2) is 27.7 Å². The lowest BCUT2D eigenvalue weighted by Crippen LogP contribution is -2.68. The van der Waals surface area contributed by atoms with E-state index >= 15 is 0 Å². The number of aliphatic hydroxyl groups is 2. The minimum Gasteiger partial charge on any atom is -0.386 e. The summed E-state index contributed by atoms with van der Waals surface area (Å²) in [7, 11) is 0. The van der Waals surface area contributed by atoms with Crippen molar-refractivity contribution in [2.45, 2.75) is 117 Å². The molecule has 3 heteroatoms. The Morgan fingerprint density at radius 3 is 2.40 bits per heavy atom. The molecular formula is C27H46O3. The molecule has 0 saturated heterocycles. The summed E-state index contributed by atoms with van der Waals surface area (Å²) >= 11 is 0. The van der Waals surface area contributed by atoms with E-state index in [-0.39, 0.29) is 11.2 Å². The number of hydrogen-bond donors (Lipinski definition) is 2. The second-order valence-corrected chi connectivity index (χ2v) is 12.7. The van der Waals surface area contributed by atoms with Gasteiger partial charge in [-0.2, -0.15) is 0 Å². The van der Waals surface area contributed by atoms with Gasteiger partial charge in [0.1, 0.15) is 11.7 Å². The van der Waals surface area contributed by atoms with Crippen LogP contribution >= 0.6 is 0 Å². The van der Waals surface area contributed by atoms with Crippen LogP contribution < -0.4 is 0 Å². The summed E-state index contributed by atoms with van der Waals surface area (Å²) in [5.74, 6) is 4.16. The molecule has 4 rings (SSSR count). The van der Waals surface area contributed by atoms with Gasteiger partial charge in [-0.25, -0.2) is 0 Å². The molecule has 4 aliphatic carbocycles. The van der Waals surface area contributed by atoms with Crippen molar-refractivity contribution in [3.63, 3.8) is 0 Å². The van der Waals surface area contributed by atoms with Gasteiger partial charge in [-0.3, -0.25) is 4.79 Å². The Morgan fingerprint density at radius 1 is 0.967 bits per heavy atom. The van der Waals surface area contributed by atoms with Crippen molar-refractivity contribution < 1.29 is 15.0 Å². The Labute approximate surface area is 184 Å². The van der Waals surface area contributed by atoms with Gasteiger partial charge in [0.2, 0.25) is 0 Å². The first-order chi connectivity index (χ1) is 14.0. The van der Waals surface area contributed by atoms with Gasteiger partial charge in [-0.15, -0.1) is 0 Å². The van der Waals surface area contributed by atoms with Crippen LogP contribution in [0.1, 0.15) is 105 Å². The second-order valence-electron chi connectivity index (χ2n) is 12.7. The number of fused-ring (bicyclic) bond motifs is 5. The van der Waals surface area contributed by atoms with E-state index in [9.17, 15) is 15.0 Å². The maximum absolute atomic E-state index is 12.2. The molecule has 3 nitrogen and oxygen atoms in total. The summed E-state index contributed by atoms with van der Waals surface area (Å²) in [5, 5.41) is 22.2. The SMILES string of the molecule is CC(C)CCC[C@@H](C)[C@H]1CC[C@H]2[C@@H]3CC[C@]4(O)C(O)C(=O)CC[C@]4(C)[C@H]3CC[C@]12C. The average molecular weight is 419 g/mol. The summed E-state index contributed by atoms with van der Waals surface area (Å²) in [6, 6.07) is 0. The van der Waals surface area contributed by atoms with Gasteiger partial charge in [0.15, 0.2) is 5.78 Å². The predicted octanol–water partition coefficient (Wildman–Crippen LogP) is 5.76. The number of ketones is 1. The molecule has 0 aromatic heterocycles. The summed E-state index contributed by atoms with van der Waals surface area (Å²) in [6.07, 6.45) is 10.8. The molecule has 2 N–H and O–H groups in total. The third-order valence-electron chi connectivity index (χ3n) is 11.0. The molecule has 0 bridgehead atoms. The monoisotopic (exact) mass is 418 g/mol. The molecule has 172 valence electrons. The second kappa shape index (κ2) is 7.87. The Hall–Kier alpha value is -0.410. The molecule has 9 atom stereocenters. The van der Waals surface area contributed by atoms with Crippen LogP contribution in [0.3, 0.4) is 0 Å². The van der Waals surface area contributed by atoms with Crippen molar-refractivity contribution in [3.8, 4) is 0 Å². The van der Waals surface area contributed by atoms with Crippen molar-refractivity contribution in [2.24, 2.45) is 46.3 Å². The Balaban J connectivity index is 1.52. The van der Waals surface area contributed by atoms with E-state index in [1.54, 1.807) is 0 Å². The minimum absolute atomic E-state index is 0.148. The molecule has 1 unspecified atom stereocenters. The third-order valence-corrected chi connectivity index (χ3v) is 11.0.